The number of aldehydes is 2. The largest absolute Gasteiger partial charge is 0.496 e. The molecule has 0 N–H and O–H groups in total. The van der Waals surface area contributed by atoms with Crippen molar-refractivity contribution in [1.82, 2.24) is 14.5 Å². The maximum Gasteiger partial charge on any atom is 0.224 e. The minimum Gasteiger partial charge on any atom is -0.496 e. The van der Waals surface area contributed by atoms with E-state index in [2.05, 4.69) is 9.97 Å². The summed E-state index contributed by atoms with van der Waals surface area (Å²) in [5.74, 6) is 1.31. The third kappa shape index (κ3) is 3.89. The summed E-state index contributed by atoms with van der Waals surface area (Å²) in [4.78, 5) is 31.4. The molecule has 0 saturated heterocycles. The quantitative estimate of drug-likeness (QED) is 0.254. The predicted molar refractivity (Wildman–Crippen MR) is 139 cm³/mol. The van der Waals surface area contributed by atoms with Crippen molar-refractivity contribution in [3.05, 3.63) is 89.2 Å². The van der Waals surface area contributed by atoms with Crippen molar-refractivity contribution in [3.63, 3.8) is 0 Å². The summed E-state index contributed by atoms with van der Waals surface area (Å²) in [6.07, 6.45) is 4.83. The Morgan fingerprint density at radius 2 is 1.61 bits per heavy atom. The highest BCUT2D eigenvalue weighted by Crippen LogP contribution is 2.40. The molecule has 0 spiro atoms. The normalized spacial score (nSPS) is 10.9. The number of pyridine rings is 2. The van der Waals surface area contributed by atoms with Crippen LogP contribution in [0.2, 0.25) is 5.02 Å². The Kier molecular flexibility index (Phi) is 6.23. The molecule has 0 aliphatic carbocycles. The van der Waals surface area contributed by atoms with E-state index in [-0.39, 0.29) is 5.88 Å². The number of halogens is 1. The van der Waals surface area contributed by atoms with Gasteiger partial charge in [-0.05, 0) is 29.8 Å². The average molecular weight is 498 g/mol. The molecule has 0 fully saturated rings. The van der Waals surface area contributed by atoms with E-state index in [1.807, 2.05) is 53.2 Å². The van der Waals surface area contributed by atoms with Gasteiger partial charge in [-0.15, -0.1) is 0 Å². The summed E-state index contributed by atoms with van der Waals surface area (Å²) >= 11 is 6.93. The van der Waals surface area contributed by atoms with Gasteiger partial charge in [0.25, 0.3) is 0 Å². The molecule has 7 nitrogen and oxygen atoms in total. The summed E-state index contributed by atoms with van der Waals surface area (Å²) < 4.78 is 12.5. The summed E-state index contributed by atoms with van der Waals surface area (Å²) in [5.41, 5.74) is 4.75. The standard InChI is InChI=1S/C28H20ClN3O4/c1-35-25-13-26(30-14-18(25)16-34)32-12-11-20-19(5-4-8-24(20)32)21-6-3-7-22(27(21)29)23-10-9-17(15-33)28(31-23)36-2/h3-16H,1-2H3. The van der Waals surface area contributed by atoms with Gasteiger partial charge in [-0.25, -0.2) is 9.97 Å². The van der Waals surface area contributed by atoms with Gasteiger partial charge in [-0.1, -0.05) is 41.9 Å². The SMILES string of the molecule is COc1cc(-n2ccc3c(-c4cccc(-c5ccc(C=O)c(OC)n5)c4Cl)cccc32)ncc1C=O. The lowest BCUT2D eigenvalue weighted by atomic mass is 9.98. The highest BCUT2D eigenvalue weighted by atomic mass is 35.5. The van der Waals surface area contributed by atoms with Crippen LogP contribution in [-0.4, -0.2) is 41.3 Å². The zero-order valence-corrected chi connectivity index (χ0v) is 20.2. The fourth-order valence-electron chi connectivity index (χ4n) is 4.23. The van der Waals surface area contributed by atoms with E-state index in [0.29, 0.717) is 46.0 Å². The molecular formula is C28H20ClN3O4. The lowest BCUT2D eigenvalue weighted by molar-refractivity contribution is 0.111. The molecule has 0 aliphatic rings. The average Bonchev–Trinajstić information content (AvgIpc) is 3.37. The molecule has 0 atom stereocenters. The van der Waals surface area contributed by atoms with Crippen molar-refractivity contribution < 1.29 is 19.1 Å². The van der Waals surface area contributed by atoms with Crippen LogP contribution in [0.1, 0.15) is 20.7 Å². The number of rotatable bonds is 7. The van der Waals surface area contributed by atoms with Gasteiger partial charge < -0.3 is 14.0 Å². The van der Waals surface area contributed by atoms with Gasteiger partial charge in [0.2, 0.25) is 5.88 Å². The third-order valence-corrected chi connectivity index (χ3v) is 6.39. The lowest BCUT2D eigenvalue weighted by Crippen LogP contribution is -1.99. The topological polar surface area (TPSA) is 83.3 Å². The Morgan fingerprint density at radius 3 is 2.36 bits per heavy atom. The van der Waals surface area contributed by atoms with Crippen LogP contribution in [0.25, 0.3) is 39.1 Å². The zero-order valence-electron chi connectivity index (χ0n) is 19.4. The van der Waals surface area contributed by atoms with E-state index in [1.165, 1.54) is 20.4 Å². The summed E-state index contributed by atoms with van der Waals surface area (Å²) in [5, 5.41) is 1.50. The van der Waals surface area contributed by atoms with Gasteiger partial charge in [0, 0.05) is 35.0 Å². The van der Waals surface area contributed by atoms with E-state index in [9.17, 15) is 9.59 Å². The fraction of sp³-hybridized carbons (Fsp3) is 0.0714. The molecule has 178 valence electrons. The number of nitrogens with zero attached hydrogens (tertiary/aromatic N) is 3. The molecule has 3 heterocycles. The van der Waals surface area contributed by atoms with Gasteiger partial charge in [-0.2, -0.15) is 0 Å². The van der Waals surface area contributed by atoms with Crippen LogP contribution < -0.4 is 9.47 Å². The minimum atomic E-state index is 0.242. The van der Waals surface area contributed by atoms with Crippen molar-refractivity contribution in [2.24, 2.45) is 0 Å². The molecule has 8 heteroatoms. The van der Waals surface area contributed by atoms with E-state index in [4.69, 9.17) is 21.1 Å². The maximum atomic E-state index is 11.3. The van der Waals surface area contributed by atoms with E-state index in [1.54, 1.807) is 18.2 Å². The van der Waals surface area contributed by atoms with Gasteiger partial charge >= 0.3 is 0 Å². The molecule has 0 amide bonds. The molecule has 0 bridgehead atoms. The van der Waals surface area contributed by atoms with Crippen molar-refractivity contribution in [2.45, 2.75) is 0 Å². The molecule has 5 aromatic rings. The number of fused-ring (bicyclic) bond motifs is 1. The van der Waals surface area contributed by atoms with E-state index < -0.39 is 0 Å². The maximum absolute atomic E-state index is 11.3. The van der Waals surface area contributed by atoms with Crippen LogP contribution in [0.3, 0.4) is 0 Å². The summed E-state index contributed by atoms with van der Waals surface area (Å²) in [6, 6.07) is 18.8. The second kappa shape index (κ2) is 9.64. The second-order valence-corrected chi connectivity index (χ2v) is 8.28. The van der Waals surface area contributed by atoms with Crippen molar-refractivity contribution in [3.8, 4) is 39.8 Å². The second-order valence-electron chi connectivity index (χ2n) is 7.91. The molecule has 2 aromatic carbocycles. The number of benzene rings is 2. The van der Waals surface area contributed by atoms with Crippen LogP contribution in [0.15, 0.2) is 73.1 Å². The molecule has 5 rings (SSSR count). The predicted octanol–water partition coefficient (Wildman–Crippen LogP) is 6.05. The highest BCUT2D eigenvalue weighted by Gasteiger charge is 2.17. The molecular weight excluding hydrogens is 478 g/mol. The van der Waals surface area contributed by atoms with Gasteiger partial charge in [0.1, 0.15) is 11.6 Å². The van der Waals surface area contributed by atoms with Crippen LogP contribution in [0.4, 0.5) is 0 Å². The molecule has 0 radical (unpaired) electrons. The number of methoxy groups -OCH3 is 2. The van der Waals surface area contributed by atoms with Crippen LogP contribution >= 0.6 is 11.6 Å². The Bertz CT molecular complexity index is 1630. The highest BCUT2D eigenvalue weighted by molar-refractivity contribution is 6.36. The molecule has 36 heavy (non-hydrogen) atoms. The Balaban J connectivity index is 1.63. The van der Waals surface area contributed by atoms with Crippen LogP contribution in [0.5, 0.6) is 11.6 Å². The Labute approximate surface area is 211 Å². The lowest BCUT2D eigenvalue weighted by Gasteiger charge is -2.13. The number of hydrogen-bond acceptors (Lipinski definition) is 6. The monoisotopic (exact) mass is 497 g/mol. The molecule has 3 aromatic heterocycles. The van der Waals surface area contributed by atoms with Crippen LogP contribution in [-0.2, 0) is 0 Å². The van der Waals surface area contributed by atoms with E-state index >= 15 is 0 Å². The Hall–Kier alpha value is -4.49. The summed E-state index contributed by atoms with van der Waals surface area (Å²) in [7, 11) is 2.99. The van der Waals surface area contributed by atoms with Gasteiger partial charge in [-0.3, -0.25) is 9.59 Å². The Morgan fingerprint density at radius 1 is 0.861 bits per heavy atom. The smallest absolute Gasteiger partial charge is 0.224 e. The summed E-state index contributed by atoms with van der Waals surface area (Å²) in [6.45, 7) is 0. The fourth-order valence-corrected chi connectivity index (χ4v) is 4.55. The first kappa shape index (κ1) is 23.3. The minimum absolute atomic E-state index is 0.242. The number of aromatic nitrogens is 3. The van der Waals surface area contributed by atoms with Crippen molar-refractivity contribution in [2.75, 3.05) is 14.2 Å². The number of carbonyl (C=O) groups is 2. The molecule has 0 unspecified atom stereocenters. The first-order chi connectivity index (χ1) is 17.6. The third-order valence-electron chi connectivity index (χ3n) is 5.98. The number of hydrogen-bond donors (Lipinski definition) is 0. The molecule has 0 aliphatic heterocycles. The van der Waals surface area contributed by atoms with Gasteiger partial charge in [0.15, 0.2) is 12.6 Å². The van der Waals surface area contributed by atoms with E-state index in [0.717, 1.165) is 27.6 Å². The zero-order chi connectivity index (χ0) is 25.2. The first-order valence-electron chi connectivity index (χ1n) is 11.0. The van der Waals surface area contributed by atoms with Crippen molar-refractivity contribution >= 4 is 35.1 Å². The molecule has 0 saturated carbocycles. The van der Waals surface area contributed by atoms with Gasteiger partial charge in [0.05, 0.1) is 41.6 Å². The van der Waals surface area contributed by atoms with Crippen LogP contribution in [0, 0.1) is 0 Å². The number of carbonyl (C=O) groups excluding carboxylic acids is 2. The first-order valence-corrected chi connectivity index (χ1v) is 11.4. The van der Waals surface area contributed by atoms with Crippen molar-refractivity contribution in [1.29, 1.82) is 0 Å². The number of ether oxygens (including phenoxy) is 2.